The second-order valence-corrected chi connectivity index (χ2v) is 4.45. The van der Waals surface area contributed by atoms with Crippen LogP contribution in [0.1, 0.15) is 5.69 Å². The van der Waals surface area contributed by atoms with Crippen LogP contribution in [0.3, 0.4) is 0 Å². The van der Waals surface area contributed by atoms with Crippen molar-refractivity contribution < 1.29 is 4.92 Å². The minimum Gasteiger partial charge on any atom is -0.363 e. The van der Waals surface area contributed by atoms with Gasteiger partial charge in [-0.25, -0.2) is 0 Å². The van der Waals surface area contributed by atoms with Crippen molar-refractivity contribution in [2.75, 3.05) is 11.9 Å². The van der Waals surface area contributed by atoms with Gasteiger partial charge in [-0.05, 0) is 24.3 Å². The minimum absolute atomic E-state index is 0.0809. The van der Waals surface area contributed by atoms with Gasteiger partial charge in [-0.2, -0.15) is 0 Å². The van der Waals surface area contributed by atoms with E-state index in [0.717, 1.165) is 5.69 Å². The first-order chi connectivity index (χ1) is 9.09. The van der Waals surface area contributed by atoms with Crippen molar-refractivity contribution >= 4 is 23.0 Å². The molecule has 0 aliphatic rings. The van der Waals surface area contributed by atoms with Crippen molar-refractivity contribution in [3.05, 3.63) is 63.4 Å². The number of anilines is 1. The van der Waals surface area contributed by atoms with Crippen LogP contribution in [-0.4, -0.2) is 17.0 Å². The van der Waals surface area contributed by atoms with E-state index in [1.165, 1.54) is 6.07 Å². The molecule has 1 aromatic heterocycles. The second kappa shape index (κ2) is 5.67. The summed E-state index contributed by atoms with van der Waals surface area (Å²) in [6, 6.07) is 10.4. The summed E-state index contributed by atoms with van der Waals surface area (Å²) in [6.07, 6.45) is 1.69. The molecule has 5 nitrogen and oxygen atoms in total. The van der Waals surface area contributed by atoms with E-state index in [9.17, 15) is 10.1 Å². The average Bonchev–Trinajstić information content (AvgIpc) is 2.39. The van der Waals surface area contributed by atoms with Crippen LogP contribution in [0.15, 0.2) is 42.6 Å². The lowest BCUT2D eigenvalue weighted by molar-refractivity contribution is -0.384. The maximum Gasteiger partial charge on any atom is 0.310 e. The number of pyridine rings is 1. The van der Waals surface area contributed by atoms with E-state index in [2.05, 4.69) is 4.98 Å². The first-order valence-corrected chi connectivity index (χ1v) is 6.01. The van der Waals surface area contributed by atoms with Crippen LogP contribution in [0.2, 0.25) is 5.02 Å². The van der Waals surface area contributed by atoms with Crippen molar-refractivity contribution in [1.82, 2.24) is 4.98 Å². The van der Waals surface area contributed by atoms with Gasteiger partial charge in [0.15, 0.2) is 0 Å². The highest BCUT2D eigenvalue weighted by Gasteiger charge is 2.21. The highest BCUT2D eigenvalue weighted by molar-refractivity contribution is 6.33. The van der Waals surface area contributed by atoms with Crippen molar-refractivity contribution in [1.29, 1.82) is 0 Å². The van der Waals surface area contributed by atoms with Crippen molar-refractivity contribution in [3.63, 3.8) is 0 Å². The summed E-state index contributed by atoms with van der Waals surface area (Å²) in [7, 11) is 1.77. The Morgan fingerprint density at radius 2 is 2.11 bits per heavy atom. The molecule has 0 aliphatic carbocycles. The topological polar surface area (TPSA) is 59.3 Å². The van der Waals surface area contributed by atoms with E-state index in [1.54, 1.807) is 30.3 Å². The molecule has 0 atom stereocenters. The number of hydrogen-bond acceptors (Lipinski definition) is 4. The number of nitro benzene ring substituents is 1. The predicted molar refractivity (Wildman–Crippen MR) is 74.5 cm³/mol. The molecule has 0 amide bonds. The van der Waals surface area contributed by atoms with Crippen molar-refractivity contribution in [2.24, 2.45) is 0 Å². The maximum atomic E-state index is 11.1. The van der Waals surface area contributed by atoms with E-state index in [-0.39, 0.29) is 10.7 Å². The van der Waals surface area contributed by atoms with Crippen LogP contribution in [0.4, 0.5) is 11.4 Å². The molecule has 0 spiro atoms. The average molecular weight is 278 g/mol. The van der Waals surface area contributed by atoms with E-state index < -0.39 is 4.92 Å². The number of nitro groups is 1. The molecule has 1 heterocycles. The second-order valence-electron chi connectivity index (χ2n) is 4.04. The molecule has 0 bridgehead atoms. The molecule has 0 N–H and O–H groups in total. The lowest BCUT2D eigenvalue weighted by atomic mass is 10.2. The summed E-state index contributed by atoms with van der Waals surface area (Å²) in [5.74, 6) is 0. The van der Waals surface area contributed by atoms with Gasteiger partial charge in [0.1, 0.15) is 10.7 Å². The number of para-hydroxylation sites is 1. The highest BCUT2D eigenvalue weighted by atomic mass is 35.5. The van der Waals surface area contributed by atoms with E-state index >= 15 is 0 Å². The molecule has 19 heavy (non-hydrogen) atoms. The Morgan fingerprint density at radius 3 is 2.74 bits per heavy atom. The fourth-order valence-corrected chi connectivity index (χ4v) is 2.05. The van der Waals surface area contributed by atoms with Crippen LogP contribution in [0.25, 0.3) is 0 Å². The Kier molecular flexibility index (Phi) is 3.97. The van der Waals surface area contributed by atoms with Crippen molar-refractivity contribution in [2.45, 2.75) is 6.54 Å². The number of benzene rings is 1. The lowest BCUT2D eigenvalue weighted by Gasteiger charge is -2.18. The number of rotatable bonds is 4. The largest absolute Gasteiger partial charge is 0.363 e. The Balaban J connectivity index is 2.31. The zero-order valence-corrected chi connectivity index (χ0v) is 11.0. The number of halogens is 1. The Hall–Kier alpha value is -2.14. The molecule has 98 valence electrons. The summed E-state index contributed by atoms with van der Waals surface area (Å²) in [6.45, 7) is 0.474. The highest BCUT2D eigenvalue weighted by Crippen LogP contribution is 2.34. The number of aromatic nitrogens is 1. The standard InChI is InChI=1S/C13H12ClN3O2/c1-16(9-10-5-2-3-8-15-10)12-7-4-6-11(14)13(12)17(18)19/h2-8H,9H2,1H3. The molecular formula is C13H12ClN3O2. The molecule has 0 radical (unpaired) electrons. The third kappa shape index (κ3) is 3.00. The fourth-order valence-electron chi connectivity index (χ4n) is 1.81. The van der Waals surface area contributed by atoms with Crippen molar-refractivity contribution in [3.8, 4) is 0 Å². The normalized spacial score (nSPS) is 10.2. The summed E-state index contributed by atoms with van der Waals surface area (Å²) < 4.78 is 0. The van der Waals surface area contributed by atoms with Crippen LogP contribution >= 0.6 is 11.6 Å². The van der Waals surface area contributed by atoms with Gasteiger partial charge in [-0.15, -0.1) is 0 Å². The van der Waals surface area contributed by atoms with Crippen LogP contribution in [0, 0.1) is 10.1 Å². The molecule has 1 aromatic carbocycles. The van der Waals surface area contributed by atoms with Crippen LogP contribution in [0.5, 0.6) is 0 Å². The summed E-state index contributed by atoms with van der Waals surface area (Å²) in [5.41, 5.74) is 1.23. The van der Waals surface area contributed by atoms with E-state index in [0.29, 0.717) is 12.2 Å². The van der Waals surface area contributed by atoms with Gasteiger partial charge >= 0.3 is 5.69 Å². The SMILES string of the molecule is CN(Cc1ccccn1)c1cccc(Cl)c1[N+](=O)[O-]. The molecule has 2 aromatic rings. The van der Waals surface area contributed by atoms with Gasteiger partial charge in [0, 0.05) is 13.2 Å². The smallest absolute Gasteiger partial charge is 0.310 e. The van der Waals surface area contributed by atoms with Gasteiger partial charge < -0.3 is 4.90 Å². The molecule has 0 unspecified atom stereocenters. The molecule has 6 heteroatoms. The predicted octanol–water partition coefficient (Wildman–Crippen LogP) is 3.28. The van der Waals surface area contributed by atoms with E-state index in [4.69, 9.17) is 11.6 Å². The first kappa shape index (κ1) is 13.3. The van der Waals surface area contributed by atoms with Gasteiger partial charge in [-0.1, -0.05) is 23.7 Å². The molecular weight excluding hydrogens is 266 g/mol. The third-order valence-corrected chi connectivity index (χ3v) is 2.99. The zero-order chi connectivity index (χ0) is 13.8. The van der Waals surface area contributed by atoms with Gasteiger partial charge in [0.2, 0.25) is 0 Å². The van der Waals surface area contributed by atoms with Gasteiger partial charge in [0.25, 0.3) is 0 Å². The summed E-state index contributed by atoms with van der Waals surface area (Å²) >= 11 is 5.89. The van der Waals surface area contributed by atoms with Gasteiger partial charge in [-0.3, -0.25) is 15.1 Å². The quantitative estimate of drug-likeness (QED) is 0.636. The Bertz CT molecular complexity index is 590. The molecule has 0 saturated heterocycles. The van der Waals surface area contributed by atoms with Crippen LogP contribution in [-0.2, 0) is 6.54 Å². The summed E-state index contributed by atoms with van der Waals surface area (Å²) in [4.78, 5) is 16.6. The molecule has 0 aliphatic heterocycles. The summed E-state index contributed by atoms with van der Waals surface area (Å²) in [5, 5.41) is 11.2. The van der Waals surface area contributed by atoms with Gasteiger partial charge in [0.05, 0.1) is 17.2 Å². The minimum atomic E-state index is -0.466. The molecule has 0 fully saturated rings. The first-order valence-electron chi connectivity index (χ1n) is 5.63. The molecule has 0 saturated carbocycles. The van der Waals surface area contributed by atoms with Crippen LogP contribution < -0.4 is 4.90 Å². The van der Waals surface area contributed by atoms with E-state index in [1.807, 2.05) is 18.2 Å². The number of nitrogens with zero attached hydrogens (tertiary/aromatic N) is 3. The lowest BCUT2D eigenvalue weighted by Crippen LogP contribution is -2.18. The maximum absolute atomic E-state index is 11.1. The zero-order valence-electron chi connectivity index (χ0n) is 10.3. The third-order valence-electron chi connectivity index (χ3n) is 2.68. The Morgan fingerprint density at radius 1 is 1.32 bits per heavy atom. The fraction of sp³-hybridized carbons (Fsp3) is 0.154. The Labute approximate surface area is 115 Å². The number of hydrogen-bond donors (Lipinski definition) is 0. The molecule has 2 rings (SSSR count). The monoisotopic (exact) mass is 277 g/mol.